The van der Waals surface area contributed by atoms with E-state index in [4.69, 9.17) is 11.6 Å². The van der Waals surface area contributed by atoms with Crippen molar-refractivity contribution in [2.45, 2.75) is 72.3 Å². The lowest BCUT2D eigenvalue weighted by Crippen LogP contribution is -2.54. The van der Waals surface area contributed by atoms with Crippen LogP contribution in [0.4, 0.5) is 17.6 Å². The van der Waals surface area contributed by atoms with Gasteiger partial charge in [0.25, 0.3) is 11.5 Å². The lowest BCUT2D eigenvalue weighted by Gasteiger charge is -2.40. The number of likely N-dealkylation sites (tertiary alicyclic amines) is 1. The van der Waals surface area contributed by atoms with Gasteiger partial charge in [-0.2, -0.15) is 13.2 Å². The smallest absolute Gasteiger partial charge is 0.394 e. The van der Waals surface area contributed by atoms with Crippen LogP contribution in [-0.4, -0.2) is 64.2 Å². The van der Waals surface area contributed by atoms with Crippen LogP contribution < -0.4 is 16.2 Å². The number of pyridine rings is 1. The quantitative estimate of drug-likeness (QED) is 0.181. The molecule has 1 fully saturated rings. The summed E-state index contributed by atoms with van der Waals surface area (Å²) < 4.78 is 55.5. The van der Waals surface area contributed by atoms with Gasteiger partial charge < -0.3 is 25.2 Å². The summed E-state index contributed by atoms with van der Waals surface area (Å²) in [5, 5.41) is 15.5. The highest BCUT2D eigenvalue weighted by molar-refractivity contribution is 6.30. The van der Waals surface area contributed by atoms with Crippen molar-refractivity contribution in [3.8, 4) is 11.1 Å². The number of rotatable bonds is 13. The first-order valence-electron chi connectivity index (χ1n) is 16.2. The van der Waals surface area contributed by atoms with Crippen LogP contribution in [0.2, 0.25) is 5.02 Å². The Morgan fingerprint density at radius 1 is 1.00 bits per heavy atom. The maximum Gasteiger partial charge on any atom is 0.394 e. The van der Waals surface area contributed by atoms with Crippen molar-refractivity contribution < 1.29 is 37.1 Å². The third-order valence-electron chi connectivity index (χ3n) is 8.81. The predicted octanol–water partition coefficient (Wildman–Crippen LogP) is 6.20. The molecule has 4 rings (SSSR count). The molecule has 3 N–H and O–H groups in total. The minimum Gasteiger partial charge on any atom is -0.481 e. The van der Waals surface area contributed by atoms with Gasteiger partial charge in [0.1, 0.15) is 17.4 Å². The Bertz CT molecular complexity index is 1800. The number of halogens is 5. The molecule has 14 heteroatoms. The zero-order chi connectivity index (χ0) is 37.1. The number of hydrogen-bond acceptors (Lipinski definition) is 5. The number of amides is 2. The van der Waals surface area contributed by atoms with E-state index >= 15 is 4.39 Å². The molecule has 1 aliphatic rings. The van der Waals surface area contributed by atoms with Crippen LogP contribution >= 0.6 is 11.6 Å². The lowest BCUT2D eigenvalue weighted by molar-refractivity contribution is -0.209. The van der Waals surface area contributed by atoms with Crippen molar-refractivity contribution in [1.29, 1.82) is 0 Å². The number of nitrogens with one attached hydrogen (secondary N) is 2. The van der Waals surface area contributed by atoms with E-state index in [-0.39, 0.29) is 55.2 Å². The Hall–Kier alpha value is -4.23. The molecule has 1 aliphatic heterocycles. The monoisotopic (exact) mass is 720 g/mol. The van der Waals surface area contributed by atoms with Crippen LogP contribution in [-0.2, 0) is 16.1 Å². The fourth-order valence-corrected chi connectivity index (χ4v) is 6.61. The summed E-state index contributed by atoms with van der Waals surface area (Å²) in [6.45, 7) is 8.75. The number of hydrogen-bond donors (Lipinski definition) is 3. The largest absolute Gasteiger partial charge is 0.481 e. The molecular formula is C36H41ClF4N4O5. The van der Waals surface area contributed by atoms with E-state index in [2.05, 4.69) is 10.6 Å². The first kappa shape index (κ1) is 38.6. The normalized spacial score (nSPS) is 15.0. The molecule has 9 nitrogen and oxygen atoms in total. The van der Waals surface area contributed by atoms with Crippen molar-refractivity contribution in [2.24, 2.45) is 11.8 Å². The number of aryl methyl sites for hydroxylation is 3. The van der Waals surface area contributed by atoms with Crippen molar-refractivity contribution in [2.75, 3.05) is 19.6 Å². The van der Waals surface area contributed by atoms with Crippen molar-refractivity contribution >= 4 is 29.4 Å². The van der Waals surface area contributed by atoms with Gasteiger partial charge >= 0.3 is 12.1 Å². The summed E-state index contributed by atoms with van der Waals surface area (Å²) in [5.41, 5.74) is 2.25. The van der Waals surface area contributed by atoms with Gasteiger partial charge in [-0.15, -0.1) is 0 Å². The summed E-state index contributed by atoms with van der Waals surface area (Å²) in [5.74, 6) is -5.15. The number of carbonyl (C=O) groups excluding carboxylic acids is 2. The molecule has 3 aromatic rings. The number of carbonyl (C=O) groups is 3. The van der Waals surface area contributed by atoms with Crippen LogP contribution in [0, 0.1) is 38.4 Å². The molecule has 2 amide bonds. The topological polar surface area (TPSA) is 121 Å². The first-order chi connectivity index (χ1) is 23.3. The summed E-state index contributed by atoms with van der Waals surface area (Å²) in [4.78, 5) is 53.9. The summed E-state index contributed by atoms with van der Waals surface area (Å²) >= 11 is 6.22. The minimum absolute atomic E-state index is 0.0474. The van der Waals surface area contributed by atoms with Gasteiger partial charge in [0.2, 0.25) is 5.91 Å². The second kappa shape index (κ2) is 15.8. The van der Waals surface area contributed by atoms with E-state index in [1.54, 1.807) is 43.9 Å². The van der Waals surface area contributed by atoms with Crippen molar-refractivity contribution in [1.82, 2.24) is 20.1 Å². The zero-order valence-corrected chi connectivity index (χ0v) is 29.2. The molecule has 50 heavy (non-hydrogen) atoms. The van der Waals surface area contributed by atoms with Gasteiger partial charge in [-0.1, -0.05) is 25.4 Å². The second-order valence-corrected chi connectivity index (χ2v) is 13.8. The van der Waals surface area contributed by atoms with Gasteiger partial charge in [0, 0.05) is 43.0 Å². The van der Waals surface area contributed by atoms with Crippen molar-refractivity contribution in [3.63, 3.8) is 0 Å². The van der Waals surface area contributed by atoms with Gasteiger partial charge in [-0.25, -0.2) is 4.39 Å². The van der Waals surface area contributed by atoms with Crippen LogP contribution in [0.3, 0.4) is 0 Å². The van der Waals surface area contributed by atoms with Crippen LogP contribution in [0.5, 0.6) is 0 Å². The van der Waals surface area contributed by atoms with E-state index in [1.165, 1.54) is 29.0 Å². The molecule has 270 valence electrons. The lowest BCUT2D eigenvalue weighted by atomic mass is 9.90. The van der Waals surface area contributed by atoms with E-state index in [0.717, 1.165) is 16.7 Å². The van der Waals surface area contributed by atoms with Crippen LogP contribution in [0.1, 0.15) is 65.3 Å². The molecular weight excluding hydrogens is 680 g/mol. The molecule has 0 spiro atoms. The molecule has 0 aliphatic carbocycles. The molecule has 0 saturated carbocycles. The van der Waals surface area contributed by atoms with Crippen molar-refractivity contribution in [3.05, 3.63) is 91.6 Å². The number of benzene rings is 2. The SMILES string of the molecule is Cc1cc(-c2c(C)cc(Cl)cc2C)cc([C@H](CC(=O)O)NC(=O)[C@H](CC(C)C)NC(=O)c2cccn(CCN3CC(C(F)(F)F)C3)c2=O)c1F. The molecule has 2 atom stereocenters. The molecule has 0 unspecified atom stereocenters. The Morgan fingerprint density at radius 2 is 1.64 bits per heavy atom. The average Bonchev–Trinajstić information content (AvgIpc) is 2.96. The highest BCUT2D eigenvalue weighted by atomic mass is 35.5. The minimum atomic E-state index is -4.27. The highest BCUT2D eigenvalue weighted by Crippen LogP contribution is 2.35. The predicted molar refractivity (Wildman–Crippen MR) is 182 cm³/mol. The molecule has 0 radical (unpaired) electrons. The summed E-state index contributed by atoms with van der Waals surface area (Å²) in [6.07, 6.45) is -3.40. The van der Waals surface area contributed by atoms with E-state index in [1.807, 2.05) is 13.8 Å². The Labute approximate surface area is 292 Å². The summed E-state index contributed by atoms with van der Waals surface area (Å²) in [7, 11) is 0. The van der Waals surface area contributed by atoms with E-state index < -0.39 is 59.8 Å². The fraction of sp³-hybridized carbons (Fsp3) is 0.444. The number of carboxylic acid groups (broad SMARTS) is 1. The summed E-state index contributed by atoms with van der Waals surface area (Å²) in [6, 6.07) is 6.86. The number of alkyl halides is 3. The first-order valence-corrected chi connectivity index (χ1v) is 16.6. The maximum absolute atomic E-state index is 15.7. The van der Waals surface area contributed by atoms with E-state index in [0.29, 0.717) is 10.6 Å². The maximum atomic E-state index is 15.7. The van der Waals surface area contributed by atoms with Gasteiger partial charge in [-0.05, 0) is 97.3 Å². The zero-order valence-electron chi connectivity index (χ0n) is 28.5. The third kappa shape index (κ3) is 9.30. The standard InChI is InChI=1S/C36H41ClF4N4O5/c1-19(2)11-29(43-33(48)26-7-6-8-45(35(26)50)10-9-44-17-24(18-44)36(39,40)41)34(49)42-28(16-30(46)47)27-15-23(12-22(5)32(27)38)31-20(3)13-25(37)14-21(31)4/h6-8,12-15,19,24,28-29H,9-11,16-18H2,1-5H3,(H,42,49)(H,43,48)(H,46,47)/t28-,29-/m0/s1. The average molecular weight is 721 g/mol. The highest BCUT2D eigenvalue weighted by Gasteiger charge is 2.46. The fourth-order valence-electron chi connectivity index (χ4n) is 6.28. The Balaban J connectivity index is 1.56. The molecule has 1 aromatic heterocycles. The number of nitrogens with zero attached hydrogens (tertiary/aromatic N) is 2. The van der Waals surface area contributed by atoms with Gasteiger partial charge in [-0.3, -0.25) is 19.2 Å². The van der Waals surface area contributed by atoms with Gasteiger partial charge in [0.05, 0.1) is 18.4 Å². The molecule has 0 bridgehead atoms. The Kier molecular flexibility index (Phi) is 12.2. The number of aliphatic carboxylic acids is 1. The Morgan fingerprint density at radius 3 is 2.22 bits per heavy atom. The molecule has 1 saturated heterocycles. The second-order valence-electron chi connectivity index (χ2n) is 13.3. The molecule has 2 aromatic carbocycles. The third-order valence-corrected chi connectivity index (χ3v) is 9.03. The number of carboxylic acids is 1. The van der Waals surface area contributed by atoms with Crippen LogP contribution in [0.15, 0.2) is 47.4 Å². The van der Waals surface area contributed by atoms with Gasteiger partial charge in [0.15, 0.2) is 0 Å². The number of aromatic nitrogens is 1. The van der Waals surface area contributed by atoms with E-state index in [9.17, 15) is 37.5 Å². The molecule has 2 heterocycles. The van der Waals surface area contributed by atoms with Crippen LogP contribution in [0.25, 0.3) is 11.1 Å².